The zero-order chi connectivity index (χ0) is 5.84. The molecule has 0 radical (unpaired) electrons. The summed E-state index contributed by atoms with van der Waals surface area (Å²) in [7, 11) is 0. The molecule has 3 nitrogen and oxygen atoms in total. The third-order valence-corrected chi connectivity index (χ3v) is 1.87. The van der Waals surface area contributed by atoms with Crippen LogP contribution in [0, 0.1) is 0 Å². The Hall–Kier alpha value is -1.12. The molecule has 0 aromatic rings. The van der Waals surface area contributed by atoms with Crippen LogP contribution >= 0.6 is 0 Å². The molecular weight excluding hydrogens is 116 g/mol. The molecule has 0 saturated carbocycles. The minimum Gasteiger partial charge on any atom is -0.445 e. The minimum atomic E-state index is 1.00. The van der Waals surface area contributed by atoms with Crippen LogP contribution in [0.4, 0.5) is 0 Å². The van der Waals surface area contributed by atoms with E-state index in [4.69, 9.17) is 4.74 Å². The van der Waals surface area contributed by atoms with Gasteiger partial charge in [0.1, 0.15) is 6.26 Å². The van der Waals surface area contributed by atoms with E-state index >= 15 is 0 Å². The number of hydrogen-bond donors (Lipinski definition) is 0. The van der Waals surface area contributed by atoms with Crippen molar-refractivity contribution in [1.82, 2.24) is 9.80 Å². The second-order valence-corrected chi connectivity index (χ2v) is 2.46. The summed E-state index contributed by atoms with van der Waals surface area (Å²) in [6.07, 6.45) is 3.70. The van der Waals surface area contributed by atoms with Crippen LogP contribution in [0.15, 0.2) is 24.0 Å². The first kappa shape index (κ1) is 3.82. The Labute approximate surface area is 52.8 Å². The standard InChI is InChI=1S/C6H6N2O/c1-2-9-6-5-3-8(5)4-7(1)6/h1-2H,3-4H2. The molecule has 0 aromatic heterocycles. The lowest BCUT2D eigenvalue weighted by atomic mass is 10.6. The van der Waals surface area contributed by atoms with E-state index in [9.17, 15) is 0 Å². The monoisotopic (exact) mass is 122 g/mol. The topological polar surface area (TPSA) is 15.5 Å². The minimum absolute atomic E-state index is 1.00. The molecule has 9 heavy (non-hydrogen) atoms. The molecule has 0 amide bonds. The lowest BCUT2D eigenvalue weighted by Crippen LogP contribution is -2.15. The Bertz CT molecular complexity index is 231. The highest BCUT2D eigenvalue weighted by molar-refractivity contribution is 5.30. The van der Waals surface area contributed by atoms with Gasteiger partial charge in [0, 0.05) is 6.20 Å². The van der Waals surface area contributed by atoms with E-state index < -0.39 is 0 Å². The highest BCUT2D eigenvalue weighted by Crippen LogP contribution is 2.38. The molecule has 1 fully saturated rings. The second kappa shape index (κ2) is 0.943. The normalized spacial score (nSPS) is 26.7. The fraction of sp³-hybridized carbons (Fsp3) is 0.333. The Morgan fingerprint density at radius 3 is 3.44 bits per heavy atom. The molecule has 3 heterocycles. The quantitative estimate of drug-likeness (QED) is 0.428. The first-order valence-electron chi connectivity index (χ1n) is 3.03. The predicted molar refractivity (Wildman–Crippen MR) is 30.7 cm³/mol. The molecule has 46 valence electrons. The lowest BCUT2D eigenvalue weighted by Gasteiger charge is -2.08. The summed E-state index contributed by atoms with van der Waals surface area (Å²) in [6.45, 7) is 2.12. The fourth-order valence-electron chi connectivity index (χ4n) is 1.32. The zero-order valence-corrected chi connectivity index (χ0v) is 4.87. The van der Waals surface area contributed by atoms with Crippen molar-refractivity contribution in [2.75, 3.05) is 13.2 Å². The van der Waals surface area contributed by atoms with Crippen molar-refractivity contribution in [3.63, 3.8) is 0 Å². The van der Waals surface area contributed by atoms with Crippen molar-refractivity contribution in [2.24, 2.45) is 0 Å². The number of rotatable bonds is 0. The second-order valence-electron chi connectivity index (χ2n) is 2.46. The van der Waals surface area contributed by atoms with Crippen LogP contribution in [0.1, 0.15) is 0 Å². The van der Waals surface area contributed by atoms with Gasteiger partial charge in [0.25, 0.3) is 0 Å². The van der Waals surface area contributed by atoms with Gasteiger partial charge in [0.2, 0.25) is 5.88 Å². The number of ether oxygens (including phenoxy) is 1. The molecule has 0 aliphatic carbocycles. The first-order chi connectivity index (χ1) is 4.45. The van der Waals surface area contributed by atoms with Crippen LogP contribution in [-0.2, 0) is 4.74 Å². The molecule has 0 N–H and O–H groups in total. The number of fused-ring (bicyclic) bond motifs is 2. The molecule has 0 atom stereocenters. The van der Waals surface area contributed by atoms with E-state index in [1.165, 1.54) is 5.70 Å². The summed E-state index contributed by atoms with van der Waals surface area (Å²) < 4.78 is 5.21. The van der Waals surface area contributed by atoms with E-state index in [0.29, 0.717) is 0 Å². The van der Waals surface area contributed by atoms with Crippen molar-refractivity contribution in [2.45, 2.75) is 0 Å². The summed E-state index contributed by atoms with van der Waals surface area (Å²) in [5, 5.41) is 0. The molecule has 0 bridgehead atoms. The van der Waals surface area contributed by atoms with Gasteiger partial charge in [-0.25, -0.2) is 0 Å². The molecule has 0 aromatic carbocycles. The maximum atomic E-state index is 5.21. The maximum absolute atomic E-state index is 5.21. The van der Waals surface area contributed by atoms with Gasteiger partial charge in [-0.2, -0.15) is 0 Å². The Morgan fingerprint density at radius 2 is 2.56 bits per heavy atom. The Balaban J connectivity index is 2.13. The van der Waals surface area contributed by atoms with Crippen molar-refractivity contribution in [1.29, 1.82) is 0 Å². The summed E-state index contributed by atoms with van der Waals surface area (Å²) in [4.78, 5) is 4.39. The number of hydrogen-bond acceptors (Lipinski definition) is 3. The zero-order valence-electron chi connectivity index (χ0n) is 4.87. The van der Waals surface area contributed by atoms with Gasteiger partial charge >= 0.3 is 0 Å². The van der Waals surface area contributed by atoms with Crippen molar-refractivity contribution in [3.8, 4) is 0 Å². The number of nitrogens with zero attached hydrogens (tertiary/aromatic N) is 2. The summed E-state index contributed by atoms with van der Waals surface area (Å²) in [6, 6.07) is 0. The highest BCUT2D eigenvalue weighted by atomic mass is 16.5. The van der Waals surface area contributed by atoms with Gasteiger partial charge in [0.05, 0.1) is 18.9 Å². The lowest BCUT2D eigenvalue weighted by molar-refractivity contribution is 0.270. The average molecular weight is 122 g/mol. The third-order valence-electron chi connectivity index (χ3n) is 1.87. The molecule has 1 saturated heterocycles. The highest BCUT2D eigenvalue weighted by Gasteiger charge is 2.41. The van der Waals surface area contributed by atoms with Crippen molar-refractivity contribution < 1.29 is 4.74 Å². The molecule has 3 aliphatic rings. The van der Waals surface area contributed by atoms with Gasteiger partial charge in [-0.3, -0.25) is 4.90 Å². The van der Waals surface area contributed by atoms with Crippen LogP contribution in [0.5, 0.6) is 0 Å². The first-order valence-corrected chi connectivity index (χ1v) is 3.03. The summed E-state index contributed by atoms with van der Waals surface area (Å²) in [5.74, 6) is 1.05. The third kappa shape index (κ3) is 0.313. The average Bonchev–Trinajstić information content (AvgIpc) is 2.38. The van der Waals surface area contributed by atoms with Gasteiger partial charge in [0.15, 0.2) is 0 Å². The smallest absolute Gasteiger partial charge is 0.222 e. The van der Waals surface area contributed by atoms with Crippen LogP contribution in [-0.4, -0.2) is 23.0 Å². The van der Waals surface area contributed by atoms with E-state index in [1.54, 1.807) is 6.26 Å². The van der Waals surface area contributed by atoms with Crippen molar-refractivity contribution >= 4 is 0 Å². The van der Waals surface area contributed by atoms with Gasteiger partial charge < -0.3 is 9.64 Å². The van der Waals surface area contributed by atoms with E-state index in [2.05, 4.69) is 9.80 Å². The molecule has 0 spiro atoms. The molecule has 3 heteroatoms. The molecule has 3 aliphatic heterocycles. The van der Waals surface area contributed by atoms with Crippen LogP contribution in [0.25, 0.3) is 0 Å². The van der Waals surface area contributed by atoms with Crippen molar-refractivity contribution in [3.05, 3.63) is 24.0 Å². The van der Waals surface area contributed by atoms with Crippen LogP contribution in [0.2, 0.25) is 0 Å². The van der Waals surface area contributed by atoms with E-state index in [1.807, 2.05) is 6.20 Å². The SMILES string of the molecule is C1=CN2CN3CC3=C2O1. The van der Waals surface area contributed by atoms with Crippen LogP contribution < -0.4 is 0 Å². The molecule has 0 unspecified atom stereocenters. The Morgan fingerprint density at radius 1 is 1.56 bits per heavy atom. The Kier molecular flexibility index (Phi) is 0.400. The fourth-order valence-corrected chi connectivity index (χ4v) is 1.32. The maximum Gasteiger partial charge on any atom is 0.222 e. The van der Waals surface area contributed by atoms with E-state index in [-0.39, 0.29) is 0 Å². The van der Waals surface area contributed by atoms with Crippen LogP contribution in [0.3, 0.4) is 0 Å². The summed E-state index contributed by atoms with van der Waals surface area (Å²) in [5.41, 5.74) is 1.36. The van der Waals surface area contributed by atoms with Gasteiger partial charge in [-0.05, 0) is 0 Å². The van der Waals surface area contributed by atoms with Gasteiger partial charge in [-0.1, -0.05) is 0 Å². The summed E-state index contributed by atoms with van der Waals surface area (Å²) >= 11 is 0. The molecule has 3 rings (SSSR count). The van der Waals surface area contributed by atoms with E-state index in [0.717, 1.165) is 19.1 Å². The predicted octanol–water partition coefficient (Wildman–Crippen LogP) is 0.246. The molecular formula is C6H6N2O. The van der Waals surface area contributed by atoms with Gasteiger partial charge in [-0.15, -0.1) is 0 Å². The largest absolute Gasteiger partial charge is 0.445 e.